The molecule has 0 radical (unpaired) electrons. The van der Waals surface area contributed by atoms with Crippen LogP contribution < -0.4 is 4.74 Å². The molecule has 0 fully saturated rings. The second-order valence-electron chi connectivity index (χ2n) is 4.19. The molecule has 1 heterocycles. The molecule has 0 aliphatic rings. The van der Waals surface area contributed by atoms with Crippen molar-refractivity contribution >= 4 is 10.9 Å². The summed E-state index contributed by atoms with van der Waals surface area (Å²) in [4.78, 5) is 3.27. The Bertz CT molecular complexity index is 502. The van der Waals surface area contributed by atoms with Crippen LogP contribution in [0.2, 0.25) is 0 Å². The first kappa shape index (κ1) is 11.0. The van der Waals surface area contributed by atoms with E-state index in [1.807, 2.05) is 26.0 Å². The van der Waals surface area contributed by atoms with Crippen molar-refractivity contribution in [1.82, 2.24) is 4.98 Å². The minimum Gasteiger partial charge on any atom is -0.496 e. The van der Waals surface area contributed by atoms with Gasteiger partial charge in [0.25, 0.3) is 0 Å². The molecule has 1 unspecified atom stereocenters. The number of aromatic amines is 1. The summed E-state index contributed by atoms with van der Waals surface area (Å²) in [5.41, 5.74) is 3.24. The molecule has 1 atom stereocenters. The Hall–Kier alpha value is -1.48. The van der Waals surface area contributed by atoms with Gasteiger partial charge in [-0.3, -0.25) is 0 Å². The van der Waals surface area contributed by atoms with Crippen molar-refractivity contribution in [2.75, 3.05) is 13.7 Å². The molecule has 2 rings (SSSR count). The smallest absolute Gasteiger partial charge is 0.131 e. The van der Waals surface area contributed by atoms with Gasteiger partial charge in [0, 0.05) is 29.1 Å². The summed E-state index contributed by atoms with van der Waals surface area (Å²) in [5.74, 6) is 0.956. The molecule has 2 N–H and O–H groups in total. The summed E-state index contributed by atoms with van der Waals surface area (Å²) in [5, 5.41) is 10.3. The quantitative estimate of drug-likeness (QED) is 0.833. The number of aryl methyl sites for hydroxylation is 1. The normalized spacial score (nSPS) is 13.0. The highest BCUT2D eigenvalue weighted by Gasteiger charge is 2.14. The average Bonchev–Trinajstić information content (AvgIpc) is 2.66. The van der Waals surface area contributed by atoms with Gasteiger partial charge in [-0.15, -0.1) is 0 Å². The van der Waals surface area contributed by atoms with Crippen LogP contribution in [0.4, 0.5) is 0 Å². The number of aliphatic hydroxyl groups excluding tert-OH is 1. The van der Waals surface area contributed by atoms with Gasteiger partial charge in [-0.1, -0.05) is 13.0 Å². The van der Waals surface area contributed by atoms with Gasteiger partial charge in [-0.2, -0.15) is 0 Å². The number of methoxy groups -OCH3 is 1. The third kappa shape index (κ3) is 1.67. The molecular weight excluding hydrogens is 202 g/mol. The molecule has 86 valence electrons. The Balaban J connectivity index is 2.66. The van der Waals surface area contributed by atoms with E-state index in [1.165, 1.54) is 0 Å². The molecule has 3 nitrogen and oxygen atoms in total. The summed E-state index contributed by atoms with van der Waals surface area (Å²) < 4.78 is 5.46. The van der Waals surface area contributed by atoms with E-state index < -0.39 is 0 Å². The monoisotopic (exact) mass is 219 g/mol. The number of hydrogen-bond donors (Lipinski definition) is 2. The van der Waals surface area contributed by atoms with E-state index in [4.69, 9.17) is 4.74 Å². The lowest BCUT2D eigenvalue weighted by atomic mass is 9.99. The molecule has 1 aromatic heterocycles. The zero-order valence-corrected chi connectivity index (χ0v) is 9.87. The van der Waals surface area contributed by atoms with E-state index in [0.29, 0.717) is 0 Å². The highest BCUT2D eigenvalue weighted by Crippen LogP contribution is 2.34. The predicted molar refractivity (Wildman–Crippen MR) is 65.1 cm³/mol. The Morgan fingerprint density at radius 2 is 2.19 bits per heavy atom. The predicted octanol–water partition coefficient (Wildman–Crippen LogP) is 2.58. The number of ether oxygens (including phenoxy) is 1. The number of fused-ring (bicyclic) bond motifs is 1. The van der Waals surface area contributed by atoms with Crippen molar-refractivity contribution < 1.29 is 9.84 Å². The van der Waals surface area contributed by atoms with Crippen molar-refractivity contribution in [3.8, 4) is 5.75 Å². The molecule has 0 aliphatic heterocycles. The van der Waals surface area contributed by atoms with E-state index >= 15 is 0 Å². The molecule has 16 heavy (non-hydrogen) atoms. The highest BCUT2D eigenvalue weighted by molar-refractivity contribution is 5.88. The largest absolute Gasteiger partial charge is 0.496 e. The van der Waals surface area contributed by atoms with Crippen LogP contribution in [0.3, 0.4) is 0 Å². The van der Waals surface area contributed by atoms with Crippen molar-refractivity contribution in [2.45, 2.75) is 19.8 Å². The van der Waals surface area contributed by atoms with Crippen molar-refractivity contribution in [3.63, 3.8) is 0 Å². The third-order valence-electron chi connectivity index (χ3n) is 2.93. The van der Waals surface area contributed by atoms with E-state index in [9.17, 15) is 5.11 Å². The van der Waals surface area contributed by atoms with Crippen LogP contribution in [0.25, 0.3) is 10.9 Å². The van der Waals surface area contributed by atoms with Gasteiger partial charge in [0.05, 0.1) is 7.11 Å². The molecule has 0 saturated heterocycles. The van der Waals surface area contributed by atoms with Crippen LogP contribution in [-0.4, -0.2) is 23.8 Å². The maximum absolute atomic E-state index is 9.22. The van der Waals surface area contributed by atoms with Gasteiger partial charge >= 0.3 is 0 Å². The summed E-state index contributed by atoms with van der Waals surface area (Å²) in [6.45, 7) is 4.14. The van der Waals surface area contributed by atoms with Gasteiger partial charge in [-0.05, 0) is 24.6 Å². The molecule has 3 heteroatoms. The number of aromatic nitrogens is 1. The summed E-state index contributed by atoms with van der Waals surface area (Å²) >= 11 is 0. The maximum Gasteiger partial charge on any atom is 0.131 e. The Morgan fingerprint density at radius 3 is 2.81 bits per heavy atom. The van der Waals surface area contributed by atoms with Crippen LogP contribution in [0, 0.1) is 6.92 Å². The van der Waals surface area contributed by atoms with E-state index in [2.05, 4.69) is 11.1 Å². The van der Waals surface area contributed by atoms with Crippen molar-refractivity contribution in [1.29, 1.82) is 0 Å². The standard InChI is InChI=1S/C13H17NO2/c1-8(7-15)10-4-5-12-11(13(10)16-3)6-9(2)14-12/h4-6,8,14-15H,7H2,1-3H3. The number of nitrogens with one attached hydrogen (secondary N) is 1. The van der Waals surface area contributed by atoms with E-state index in [0.717, 1.165) is 27.9 Å². The lowest BCUT2D eigenvalue weighted by molar-refractivity contribution is 0.270. The Kier molecular flexibility index (Phi) is 2.88. The lowest BCUT2D eigenvalue weighted by Gasteiger charge is -2.14. The highest BCUT2D eigenvalue weighted by atomic mass is 16.5. The van der Waals surface area contributed by atoms with Crippen molar-refractivity contribution in [2.24, 2.45) is 0 Å². The van der Waals surface area contributed by atoms with Crippen LogP contribution in [-0.2, 0) is 0 Å². The molecule has 0 aliphatic carbocycles. The number of hydrogen-bond acceptors (Lipinski definition) is 2. The summed E-state index contributed by atoms with van der Waals surface area (Å²) in [6, 6.07) is 6.12. The molecule has 0 bridgehead atoms. The Morgan fingerprint density at radius 1 is 1.44 bits per heavy atom. The fraction of sp³-hybridized carbons (Fsp3) is 0.385. The van der Waals surface area contributed by atoms with Crippen molar-refractivity contribution in [3.05, 3.63) is 29.5 Å². The number of aliphatic hydroxyl groups is 1. The third-order valence-corrected chi connectivity index (χ3v) is 2.93. The first-order valence-corrected chi connectivity index (χ1v) is 5.44. The van der Waals surface area contributed by atoms with E-state index in [-0.39, 0.29) is 12.5 Å². The van der Waals surface area contributed by atoms with Crippen LogP contribution in [0.5, 0.6) is 5.75 Å². The first-order chi connectivity index (χ1) is 7.67. The average molecular weight is 219 g/mol. The molecule has 0 spiro atoms. The maximum atomic E-state index is 9.22. The van der Waals surface area contributed by atoms with Crippen LogP contribution in [0.15, 0.2) is 18.2 Å². The van der Waals surface area contributed by atoms with E-state index in [1.54, 1.807) is 7.11 Å². The number of benzene rings is 1. The topological polar surface area (TPSA) is 45.2 Å². The van der Waals surface area contributed by atoms with Gasteiger partial charge in [0.2, 0.25) is 0 Å². The molecule has 0 amide bonds. The minimum absolute atomic E-state index is 0.0922. The lowest BCUT2D eigenvalue weighted by Crippen LogP contribution is -2.01. The van der Waals surface area contributed by atoms with Gasteiger partial charge in [0.1, 0.15) is 5.75 Å². The minimum atomic E-state index is 0.0922. The molecule has 0 saturated carbocycles. The number of rotatable bonds is 3. The summed E-state index contributed by atoms with van der Waals surface area (Å²) in [6.07, 6.45) is 0. The summed E-state index contributed by atoms with van der Waals surface area (Å²) in [7, 11) is 1.67. The number of H-pyrrole nitrogens is 1. The fourth-order valence-electron chi connectivity index (χ4n) is 2.05. The zero-order chi connectivity index (χ0) is 11.7. The second kappa shape index (κ2) is 4.18. The van der Waals surface area contributed by atoms with Gasteiger partial charge in [0.15, 0.2) is 0 Å². The molecule has 2 aromatic rings. The SMILES string of the molecule is COc1c(C(C)CO)ccc2[nH]c(C)cc12. The second-order valence-corrected chi connectivity index (χ2v) is 4.19. The fourth-order valence-corrected chi connectivity index (χ4v) is 2.05. The van der Waals surface area contributed by atoms with Gasteiger partial charge < -0.3 is 14.8 Å². The van der Waals surface area contributed by atoms with Crippen LogP contribution >= 0.6 is 0 Å². The van der Waals surface area contributed by atoms with Gasteiger partial charge in [-0.25, -0.2) is 0 Å². The molecule has 1 aromatic carbocycles. The zero-order valence-electron chi connectivity index (χ0n) is 9.87. The Labute approximate surface area is 95.1 Å². The van der Waals surface area contributed by atoms with Crippen LogP contribution in [0.1, 0.15) is 24.1 Å². The first-order valence-electron chi connectivity index (χ1n) is 5.44. The molecular formula is C13H17NO2.